The highest BCUT2D eigenvalue weighted by atomic mass is 32.2. The minimum absolute atomic E-state index is 0.0995. The predicted octanol–water partition coefficient (Wildman–Crippen LogP) is 0.146. The molecule has 0 aromatic rings. The lowest BCUT2D eigenvalue weighted by Gasteiger charge is -2.30. The Bertz CT molecular complexity index is 292. The van der Waals surface area contributed by atoms with E-state index in [-0.39, 0.29) is 13.1 Å². The van der Waals surface area contributed by atoms with Crippen molar-refractivity contribution in [3.05, 3.63) is 0 Å². The van der Waals surface area contributed by atoms with Crippen LogP contribution in [-0.4, -0.2) is 48.3 Å². The van der Waals surface area contributed by atoms with Gasteiger partial charge in [0.15, 0.2) is 0 Å². The Morgan fingerprint density at radius 1 is 1.38 bits per heavy atom. The van der Waals surface area contributed by atoms with Gasteiger partial charge in [-0.1, -0.05) is 13.8 Å². The Balaban J connectivity index is 4.94. The highest BCUT2D eigenvalue weighted by Gasteiger charge is 2.32. The Morgan fingerprint density at radius 2 is 1.88 bits per heavy atom. The summed E-state index contributed by atoms with van der Waals surface area (Å²) in [4.78, 5) is 0. The van der Waals surface area contributed by atoms with Gasteiger partial charge in [-0.2, -0.15) is 4.31 Å². The lowest BCUT2D eigenvalue weighted by molar-refractivity contribution is 0.0599. The summed E-state index contributed by atoms with van der Waals surface area (Å²) in [5.74, 6) is 0. The van der Waals surface area contributed by atoms with E-state index in [1.54, 1.807) is 27.7 Å². The van der Waals surface area contributed by atoms with Crippen LogP contribution in [-0.2, 0) is 10.0 Å². The van der Waals surface area contributed by atoms with Gasteiger partial charge in [-0.3, -0.25) is 0 Å². The van der Waals surface area contributed by atoms with Gasteiger partial charge in [0.25, 0.3) is 0 Å². The number of nitrogens with two attached hydrogens (primary N) is 1. The molecular weight excluding hydrogens is 228 g/mol. The third-order valence-electron chi connectivity index (χ3n) is 2.42. The first kappa shape index (κ1) is 15.8. The third-order valence-corrected chi connectivity index (χ3v) is 4.89. The van der Waals surface area contributed by atoms with Crippen molar-refractivity contribution in [3.8, 4) is 0 Å². The molecule has 0 fully saturated rings. The minimum Gasteiger partial charge on any atom is -0.389 e. The SMILES string of the molecule is CCC(CN)S(=O)(=O)N(CC)CC(C)(C)O. The van der Waals surface area contributed by atoms with Gasteiger partial charge in [-0.15, -0.1) is 0 Å². The van der Waals surface area contributed by atoms with E-state index in [1.165, 1.54) is 4.31 Å². The average molecular weight is 252 g/mol. The van der Waals surface area contributed by atoms with Crippen LogP contribution < -0.4 is 5.73 Å². The molecule has 16 heavy (non-hydrogen) atoms. The van der Waals surface area contributed by atoms with Crippen LogP contribution in [0.3, 0.4) is 0 Å². The summed E-state index contributed by atoms with van der Waals surface area (Å²) in [6.07, 6.45) is 0.487. The smallest absolute Gasteiger partial charge is 0.218 e. The van der Waals surface area contributed by atoms with E-state index in [4.69, 9.17) is 5.73 Å². The van der Waals surface area contributed by atoms with Crippen LogP contribution in [0.1, 0.15) is 34.1 Å². The van der Waals surface area contributed by atoms with Gasteiger partial charge in [-0.05, 0) is 20.3 Å². The summed E-state index contributed by atoms with van der Waals surface area (Å²) in [6, 6.07) is 0. The highest BCUT2D eigenvalue weighted by Crippen LogP contribution is 2.15. The minimum atomic E-state index is -3.40. The maximum absolute atomic E-state index is 12.1. The van der Waals surface area contributed by atoms with Crippen molar-refractivity contribution in [1.29, 1.82) is 0 Å². The van der Waals surface area contributed by atoms with E-state index < -0.39 is 20.9 Å². The number of hydrogen-bond acceptors (Lipinski definition) is 4. The Kier molecular flexibility index (Phi) is 5.89. The van der Waals surface area contributed by atoms with Crippen molar-refractivity contribution in [1.82, 2.24) is 4.31 Å². The maximum atomic E-state index is 12.1. The molecule has 98 valence electrons. The number of nitrogens with zero attached hydrogens (tertiary/aromatic N) is 1. The number of sulfonamides is 1. The summed E-state index contributed by atoms with van der Waals surface area (Å²) in [5, 5.41) is 9.11. The van der Waals surface area contributed by atoms with Crippen LogP contribution in [0.15, 0.2) is 0 Å². The van der Waals surface area contributed by atoms with Crippen LogP contribution in [0.5, 0.6) is 0 Å². The summed E-state index contributed by atoms with van der Waals surface area (Å²) >= 11 is 0. The molecule has 6 heteroatoms. The highest BCUT2D eigenvalue weighted by molar-refractivity contribution is 7.89. The summed E-state index contributed by atoms with van der Waals surface area (Å²) in [7, 11) is -3.40. The zero-order valence-electron chi connectivity index (χ0n) is 10.6. The molecular formula is C10H24N2O3S. The molecule has 0 amide bonds. The third kappa shape index (κ3) is 4.37. The van der Waals surface area contributed by atoms with Crippen molar-refractivity contribution < 1.29 is 13.5 Å². The zero-order valence-corrected chi connectivity index (χ0v) is 11.4. The molecule has 0 saturated heterocycles. The fourth-order valence-electron chi connectivity index (χ4n) is 1.52. The van der Waals surface area contributed by atoms with Crippen molar-refractivity contribution in [2.75, 3.05) is 19.6 Å². The average Bonchev–Trinajstić information content (AvgIpc) is 2.14. The molecule has 0 radical (unpaired) electrons. The van der Waals surface area contributed by atoms with Crippen molar-refractivity contribution in [2.45, 2.75) is 45.0 Å². The molecule has 0 bridgehead atoms. The lowest BCUT2D eigenvalue weighted by atomic mass is 10.1. The number of rotatable bonds is 7. The van der Waals surface area contributed by atoms with Crippen LogP contribution >= 0.6 is 0 Å². The zero-order chi connectivity index (χ0) is 13.0. The monoisotopic (exact) mass is 252 g/mol. The first-order chi connectivity index (χ1) is 7.19. The van der Waals surface area contributed by atoms with Crippen molar-refractivity contribution in [3.63, 3.8) is 0 Å². The van der Waals surface area contributed by atoms with E-state index in [9.17, 15) is 13.5 Å². The second kappa shape index (κ2) is 5.95. The molecule has 1 unspecified atom stereocenters. The normalized spacial score (nSPS) is 15.4. The summed E-state index contributed by atoms with van der Waals surface area (Å²) in [5.41, 5.74) is 4.43. The van der Waals surface area contributed by atoms with Crippen LogP contribution in [0.2, 0.25) is 0 Å². The number of hydrogen-bond donors (Lipinski definition) is 2. The standard InChI is InChI=1S/C10H24N2O3S/c1-5-9(7-11)16(14,15)12(6-2)8-10(3,4)13/h9,13H,5-8,11H2,1-4H3. The Labute approximate surface area is 98.7 Å². The predicted molar refractivity (Wildman–Crippen MR) is 65.6 cm³/mol. The van der Waals surface area contributed by atoms with Gasteiger partial charge >= 0.3 is 0 Å². The topological polar surface area (TPSA) is 83.6 Å². The molecule has 0 spiro atoms. The van der Waals surface area contributed by atoms with Gasteiger partial charge in [-0.25, -0.2) is 8.42 Å². The van der Waals surface area contributed by atoms with Gasteiger partial charge in [0, 0.05) is 19.6 Å². The number of likely N-dealkylation sites (N-methyl/N-ethyl adjacent to an activating group) is 1. The molecule has 0 aliphatic rings. The first-order valence-corrected chi connectivity index (χ1v) is 7.10. The molecule has 0 aromatic carbocycles. The second-order valence-electron chi connectivity index (χ2n) is 4.55. The molecule has 1 atom stereocenters. The molecule has 0 aromatic heterocycles. The molecule has 0 aliphatic heterocycles. The van der Waals surface area contributed by atoms with E-state index in [0.717, 1.165) is 0 Å². The lowest BCUT2D eigenvalue weighted by Crippen LogP contribution is -2.47. The second-order valence-corrected chi connectivity index (χ2v) is 6.76. The Hall–Kier alpha value is -0.170. The van der Waals surface area contributed by atoms with Gasteiger partial charge < -0.3 is 10.8 Å². The quantitative estimate of drug-likeness (QED) is 0.675. The van der Waals surface area contributed by atoms with E-state index in [0.29, 0.717) is 13.0 Å². The Morgan fingerprint density at radius 3 is 2.12 bits per heavy atom. The summed E-state index contributed by atoms with van der Waals surface area (Å²) in [6.45, 7) is 7.30. The van der Waals surface area contributed by atoms with E-state index >= 15 is 0 Å². The number of aliphatic hydroxyl groups is 1. The molecule has 0 rings (SSSR count). The van der Waals surface area contributed by atoms with Crippen LogP contribution in [0.4, 0.5) is 0 Å². The van der Waals surface area contributed by atoms with Crippen molar-refractivity contribution in [2.24, 2.45) is 5.73 Å². The van der Waals surface area contributed by atoms with E-state index in [1.807, 2.05) is 0 Å². The molecule has 5 nitrogen and oxygen atoms in total. The van der Waals surface area contributed by atoms with Crippen LogP contribution in [0.25, 0.3) is 0 Å². The molecule has 0 aliphatic carbocycles. The fraction of sp³-hybridized carbons (Fsp3) is 1.00. The molecule has 3 N–H and O–H groups in total. The largest absolute Gasteiger partial charge is 0.389 e. The van der Waals surface area contributed by atoms with Gasteiger partial charge in [0.05, 0.1) is 10.9 Å². The van der Waals surface area contributed by atoms with E-state index in [2.05, 4.69) is 0 Å². The van der Waals surface area contributed by atoms with Gasteiger partial charge in [0.2, 0.25) is 10.0 Å². The van der Waals surface area contributed by atoms with Crippen LogP contribution in [0, 0.1) is 0 Å². The summed E-state index contributed by atoms with van der Waals surface area (Å²) < 4.78 is 25.6. The van der Waals surface area contributed by atoms with Gasteiger partial charge in [0.1, 0.15) is 0 Å². The molecule has 0 heterocycles. The maximum Gasteiger partial charge on any atom is 0.218 e. The van der Waals surface area contributed by atoms with Crippen molar-refractivity contribution >= 4 is 10.0 Å². The fourth-order valence-corrected chi connectivity index (χ4v) is 3.46. The first-order valence-electron chi connectivity index (χ1n) is 5.60. The molecule has 0 saturated carbocycles.